The minimum Gasteiger partial charge on any atom is -0.359 e. The first kappa shape index (κ1) is 29.9. The number of nitrogens with one attached hydrogen (secondary N) is 2. The average Bonchev–Trinajstić information content (AvgIpc) is 3.17. The SMILES string of the molecule is CN1CC(CCC(C)(Nc2cccc(SNC(=O)c3ccc(C(C)(C)C)nc3F)n2)c2ccccn2)CC1(C)C. The van der Waals surface area contributed by atoms with Gasteiger partial charge in [0.15, 0.2) is 0 Å². The monoisotopic (exact) mass is 564 g/mol. The molecular formula is C31H41FN6OS. The van der Waals surface area contributed by atoms with Crippen molar-refractivity contribution in [1.29, 1.82) is 0 Å². The molecule has 214 valence electrons. The van der Waals surface area contributed by atoms with Gasteiger partial charge in [0.1, 0.15) is 10.8 Å². The summed E-state index contributed by atoms with van der Waals surface area (Å²) in [6.45, 7) is 13.7. The summed E-state index contributed by atoms with van der Waals surface area (Å²) in [5.41, 5.74) is 0.916. The van der Waals surface area contributed by atoms with Crippen LogP contribution in [0.1, 0.15) is 82.6 Å². The Kier molecular flexibility index (Phi) is 8.85. The number of aromatic nitrogens is 3. The zero-order valence-electron chi connectivity index (χ0n) is 24.6. The minimum absolute atomic E-state index is 0.0989. The number of halogens is 1. The smallest absolute Gasteiger partial charge is 0.266 e. The number of amides is 1. The topological polar surface area (TPSA) is 83.0 Å². The third kappa shape index (κ3) is 7.18. The minimum atomic E-state index is -0.781. The number of hydrogen-bond acceptors (Lipinski definition) is 7. The van der Waals surface area contributed by atoms with Crippen molar-refractivity contribution in [1.82, 2.24) is 24.6 Å². The highest BCUT2D eigenvalue weighted by Gasteiger charge is 2.37. The van der Waals surface area contributed by atoms with E-state index < -0.39 is 17.4 Å². The Morgan fingerprint density at radius 1 is 1.07 bits per heavy atom. The van der Waals surface area contributed by atoms with E-state index in [1.165, 1.54) is 12.5 Å². The first-order valence-corrected chi connectivity index (χ1v) is 14.6. The van der Waals surface area contributed by atoms with E-state index in [9.17, 15) is 9.18 Å². The van der Waals surface area contributed by atoms with Gasteiger partial charge >= 0.3 is 0 Å². The van der Waals surface area contributed by atoms with Crippen molar-refractivity contribution in [3.8, 4) is 0 Å². The number of carbonyl (C=O) groups excluding carboxylic acids is 1. The second-order valence-electron chi connectivity index (χ2n) is 12.7. The van der Waals surface area contributed by atoms with Gasteiger partial charge in [0, 0.05) is 41.3 Å². The molecule has 0 bridgehead atoms. The Morgan fingerprint density at radius 2 is 1.85 bits per heavy atom. The van der Waals surface area contributed by atoms with Gasteiger partial charge in [-0.15, -0.1) is 0 Å². The lowest BCUT2D eigenvalue weighted by Crippen LogP contribution is -2.34. The molecule has 0 saturated carbocycles. The molecule has 2 unspecified atom stereocenters. The van der Waals surface area contributed by atoms with Gasteiger partial charge in [0.25, 0.3) is 5.91 Å². The van der Waals surface area contributed by atoms with E-state index in [-0.39, 0.29) is 16.5 Å². The zero-order valence-corrected chi connectivity index (χ0v) is 25.4. The molecule has 7 nitrogen and oxygen atoms in total. The molecule has 0 radical (unpaired) electrons. The molecule has 0 spiro atoms. The highest BCUT2D eigenvalue weighted by Crippen LogP contribution is 2.37. The summed E-state index contributed by atoms with van der Waals surface area (Å²) in [6.07, 6.45) is 4.94. The third-order valence-electron chi connectivity index (χ3n) is 7.87. The Balaban J connectivity index is 1.45. The second-order valence-corrected chi connectivity index (χ2v) is 13.5. The molecule has 4 heterocycles. The molecule has 3 aromatic rings. The van der Waals surface area contributed by atoms with Gasteiger partial charge in [-0.2, -0.15) is 4.39 Å². The van der Waals surface area contributed by atoms with Crippen LogP contribution in [0.3, 0.4) is 0 Å². The maximum absolute atomic E-state index is 14.6. The molecule has 1 amide bonds. The molecule has 0 aromatic carbocycles. The van der Waals surface area contributed by atoms with E-state index in [1.807, 2.05) is 63.4 Å². The van der Waals surface area contributed by atoms with E-state index in [4.69, 9.17) is 4.98 Å². The van der Waals surface area contributed by atoms with Crippen LogP contribution >= 0.6 is 11.9 Å². The number of nitrogens with zero attached hydrogens (tertiary/aromatic N) is 4. The molecule has 1 saturated heterocycles. The quantitative estimate of drug-likeness (QED) is 0.224. The predicted molar refractivity (Wildman–Crippen MR) is 160 cm³/mol. The van der Waals surface area contributed by atoms with Gasteiger partial charge in [-0.05, 0) is 89.4 Å². The molecule has 0 aliphatic carbocycles. The maximum Gasteiger partial charge on any atom is 0.266 e. The molecule has 3 aromatic heterocycles. The largest absolute Gasteiger partial charge is 0.359 e. The van der Waals surface area contributed by atoms with E-state index in [0.29, 0.717) is 22.5 Å². The number of likely N-dealkylation sites (tertiary alicyclic amines) is 1. The molecule has 1 fully saturated rings. The van der Waals surface area contributed by atoms with Crippen LogP contribution in [0.4, 0.5) is 10.2 Å². The van der Waals surface area contributed by atoms with Crippen LogP contribution < -0.4 is 10.0 Å². The van der Waals surface area contributed by atoms with Crippen molar-refractivity contribution in [3.63, 3.8) is 0 Å². The van der Waals surface area contributed by atoms with Crippen LogP contribution in [-0.4, -0.2) is 44.9 Å². The molecule has 2 atom stereocenters. The molecule has 40 heavy (non-hydrogen) atoms. The van der Waals surface area contributed by atoms with Gasteiger partial charge in [-0.3, -0.25) is 14.5 Å². The van der Waals surface area contributed by atoms with Gasteiger partial charge in [-0.1, -0.05) is 32.9 Å². The standard InChI is InChI=1S/C31H41FN6OS/c1-29(2,3)23-15-14-22(27(32)34-23)28(39)37-40-26-13-10-12-25(35-26)36-31(6,24-11-8-9-18-33-24)17-16-21-19-30(4,5)38(7)20-21/h8-15,18,21H,16-17,19-20H2,1-7H3,(H,35,36)(H,37,39). The summed E-state index contributed by atoms with van der Waals surface area (Å²) in [6, 6.07) is 14.7. The van der Waals surface area contributed by atoms with Gasteiger partial charge < -0.3 is 10.2 Å². The zero-order chi connectivity index (χ0) is 29.1. The van der Waals surface area contributed by atoms with Crippen LogP contribution in [0.15, 0.2) is 59.8 Å². The summed E-state index contributed by atoms with van der Waals surface area (Å²) in [7, 11) is 2.20. The summed E-state index contributed by atoms with van der Waals surface area (Å²) in [5.74, 6) is -0.0452. The van der Waals surface area contributed by atoms with Crippen LogP contribution in [-0.2, 0) is 11.0 Å². The van der Waals surface area contributed by atoms with Crippen molar-refractivity contribution in [3.05, 3.63) is 77.6 Å². The Hall–Kier alpha value is -3.04. The van der Waals surface area contributed by atoms with Crippen LogP contribution in [0.2, 0.25) is 0 Å². The number of anilines is 1. The van der Waals surface area contributed by atoms with Crippen molar-refractivity contribution in [2.45, 2.75) is 82.3 Å². The Morgan fingerprint density at radius 3 is 2.48 bits per heavy atom. The molecule has 1 aliphatic heterocycles. The normalized spacial score (nSPS) is 18.8. The first-order valence-electron chi connectivity index (χ1n) is 13.8. The average molecular weight is 565 g/mol. The number of rotatable bonds is 9. The number of hydrogen-bond donors (Lipinski definition) is 2. The van der Waals surface area contributed by atoms with E-state index in [2.05, 4.69) is 52.7 Å². The van der Waals surface area contributed by atoms with E-state index in [1.54, 1.807) is 6.07 Å². The maximum atomic E-state index is 14.6. The van der Waals surface area contributed by atoms with Gasteiger partial charge in [0.2, 0.25) is 5.95 Å². The van der Waals surface area contributed by atoms with E-state index in [0.717, 1.165) is 37.0 Å². The fraction of sp³-hybridized carbons (Fsp3) is 0.484. The summed E-state index contributed by atoms with van der Waals surface area (Å²) < 4.78 is 17.3. The fourth-order valence-electron chi connectivity index (χ4n) is 5.19. The Bertz CT molecular complexity index is 1330. The van der Waals surface area contributed by atoms with Crippen molar-refractivity contribution in [2.75, 3.05) is 18.9 Å². The highest BCUT2D eigenvalue weighted by molar-refractivity contribution is 7.97. The molecule has 1 aliphatic rings. The third-order valence-corrected chi connectivity index (χ3v) is 8.60. The summed E-state index contributed by atoms with van der Waals surface area (Å²) >= 11 is 1.05. The summed E-state index contributed by atoms with van der Waals surface area (Å²) in [5, 5.41) is 4.22. The Labute approximate surface area is 241 Å². The lowest BCUT2D eigenvalue weighted by Gasteiger charge is -2.32. The van der Waals surface area contributed by atoms with Gasteiger partial charge in [-0.25, -0.2) is 9.97 Å². The molecule has 2 N–H and O–H groups in total. The predicted octanol–water partition coefficient (Wildman–Crippen LogP) is 6.58. The van der Waals surface area contributed by atoms with E-state index >= 15 is 0 Å². The van der Waals surface area contributed by atoms with Crippen LogP contribution in [0.25, 0.3) is 0 Å². The molecule has 4 rings (SSSR count). The lowest BCUT2D eigenvalue weighted by molar-refractivity contribution is 0.0979. The molecular weight excluding hydrogens is 523 g/mol. The van der Waals surface area contributed by atoms with Crippen molar-refractivity contribution >= 4 is 23.7 Å². The first-order chi connectivity index (χ1) is 18.8. The second kappa shape index (κ2) is 11.8. The fourth-order valence-corrected chi connectivity index (χ4v) is 5.79. The van der Waals surface area contributed by atoms with Crippen LogP contribution in [0.5, 0.6) is 0 Å². The van der Waals surface area contributed by atoms with Gasteiger partial charge in [0.05, 0.1) is 16.8 Å². The lowest BCUT2D eigenvalue weighted by atomic mass is 9.85. The van der Waals surface area contributed by atoms with Crippen LogP contribution in [0, 0.1) is 11.9 Å². The number of pyridine rings is 3. The summed E-state index contributed by atoms with van der Waals surface area (Å²) in [4.78, 5) is 28.5. The number of carbonyl (C=O) groups is 1. The van der Waals surface area contributed by atoms with Crippen molar-refractivity contribution < 1.29 is 9.18 Å². The molecule has 9 heteroatoms. The highest BCUT2D eigenvalue weighted by atomic mass is 32.2. The van der Waals surface area contributed by atoms with Crippen molar-refractivity contribution in [2.24, 2.45) is 5.92 Å².